The first kappa shape index (κ1) is 13.6. The van der Waals surface area contributed by atoms with E-state index in [1.54, 1.807) is 0 Å². The first-order valence-electron chi connectivity index (χ1n) is 7.67. The Bertz CT molecular complexity index is 600. The van der Waals surface area contributed by atoms with Crippen LogP contribution in [0, 0.1) is 5.41 Å². The van der Waals surface area contributed by atoms with Gasteiger partial charge in [0.25, 0.3) is 0 Å². The molecule has 1 atom stereocenters. The zero-order chi connectivity index (χ0) is 14.2. The van der Waals surface area contributed by atoms with Gasteiger partial charge in [0.2, 0.25) is 0 Å². The molecule has 0 radical (unpaired) electrons. The third kappa shape index (κ3) is 2.22. The molecule has 0 aromatic carbocycles. The van der Waals surface area contributed by atoms with Crippen molar-refractivity contribution in [2.45, 2.75) is 52.6 Å². The van der Waals surface area contributed by atoms with Gasteiger partial charge < -0.3 is 9.88 Å². The van der Waals surface area contributed by atoms with Crippen molar-refractivity contribution >= 4 is 11.0 Å². The Kier molecular flexibility index (Phi) is 3.50. The number of aryl methyl sites for hydroxylation is 1. The quantitative estimate of drug-likeness (QED) is 0.932. The molecule has 2 aromatic heterocycles. The van der Waals surface area contributed by atoms with E-state index in [4.69, 9.17) is 4.98 Å². The first-order valence-corrected chi connectivity index (χ1v) is 7.67. The van der Waals surface area contributed by atoms with E-state index in [1.807, 2.05) is 12.4 Å². The number of rotatable bonds is 3. The van der Waals surface area contributed by atoms with Crippen LogP contribution in [0.1, 0.15) is 51.9 Å². The van der Waals surface area contributed by atoms with E-state index in [-0.39, 0.29) is 5.41 Å². The summed E-state index contributed by atoms with van der Waals surface area (Å²) in [4.78, 5) is 9.10. The summed E-state index contributed by atoms with van der Waals surface area (Å²) in [7, 11) is 0. The highest BCUT2D eigenvalue weighted by Crippen LogP contribution is 2.40. The average Bonchev–Trinajstić information content (AvgIpc) is 2.78. The van der Waals surface area contributed by atoms with Crippen LogP contribution in [-0.2, 0) is 6.54 Å². The summed E-state index contributed by atoms with van der Waals surface area (Å²) in [6.45, 7) is 9.01. The molecule has 2 aromatic rings. The van der Waals surface area contributed by atoms with Crippen molar-refractivity contribution in [1.29, 1.82) is 0 Å². The van der Waals surface area contributed by atoms with Gasteiger partial charge in [0, 0.05) is 12.7 Å². The maximum Gasteiger partial charge on any atom is 0.127 e. The highest BCUT2D eigenvalue weighted by molar-refractivity contribution is 5.74. The summed E-state index contributed by atoms with van der Waals surface area (Å²) in [6.07, 6.45) is 7.35. The minimum atomic E-state index is 0.249. The standard InChI is InChI=1S/C16H24N4/c1-4-10-20-13-6-9-17-11-12(13)19-15(20)14-16(2,3)7-5-8-18-14/h6,9,11,14,18H,4-5,7-8,10H2,1-3H3. The van der Waals surface area contributed by atoms with E-state index >= 15 is 0 Å². The third-order valence-electron chi connectivity index (χ3n) is 4.41. The molecular formula is C16H24N4. The van der Waals surface area contributed by atoms with Crippen molar-refractivity contribution in [3.8, 4) is 0 Å². The molecule has 4 nitrogen and oxygen atoms in total. The second kappa shape index (κ2) is 5.17. The number of piperidine rings is 1. The van der Waals surface area contributed by atoms with E-state index in [9.17, 15) is 0 Å². The predicted molar refractivity (Wildman–Crippen MR) is 81.6 cm³/mol. The fourth-order valence-corrected chi connectivity index (χ4v) is 3.33. The molecule has 1 aliphatic rings. The van der Waals surface area contributed by atoms with E-state index in [2.05, 4.69) is 41.7 Å². The second-order valence-electron chi connectivity index (χ2n) is 6.47. The van der Waals surface area contributed by atoms with Crippen molar-refractivity contribution in [2.75, 3.05) is 6.54 Å². The fourth-order valence-electron chi connectivity index (χ4n) is 3.33. The van der Waals surface area contributed by atoms with E-state index in [0.29, 0.717) is 6.04 Å². The van der Waals surface area contributed by atoms with Crippen LogP contribution in [-0.4, -0.2) is 21.1 Å². The molecule has 0 aliphatic carbocycles. The number of hydrogen-bond acceptors (Lipinski definition) is 3. The summed E-state index contributed by atoms with van der Waals surface area (Å²) in [6, 6.07) is 2.41. The molecule has 0 amide bonds. The minimum absolute atomic E-state index is 0.249. The smallest absolute Gasteiger partial charge is 0.127 e. The van der Waals surface area contributed by atoms with Gasteiger partial charge in [0.15, 0.2) is 0 Å². The summed E-state index contributed by atoms with van der Waals surface area (Å²) >= 11 is 0. The number of fused-ring (bicyclic) bond motifs is 1. The van der Waals surface area contributed by atoms with E-state index in [0.717, 1.165) is 25.0 Å². The van der Waals surface area contributed by atoms with Crippen LogP contribution in [0.25, 0.3) is 11.0 Å². The van der Waals surface area contributed by atoms with Crippen LogP contribution in [0.4, 0.5) is 0 Å². The number of nitrogens with zero attached hydrogens (tertiary/aromatic N) is 3. The number of pyridine rings is 1. The Hall–Kier alpha value is -1.42. The number of nitrogens with one attached hydrogen (secondary N) is 1. The maximum absolute atomic E-state index is 4.89. The van der Waals surface area contributed by atoms with Crippen molar-refractivity contribution in [3.63, 3.8) is 0 Å². The monoisotopic (exact) mass is 272 g/mol. The molecule has 4 heteroatoms. The molecule has 0 spiro atoms. The van der Waals surface area contributed by atoms with Gasteiger partial charge in [0.1, 0.15) is 11.3 Å². The molecule has 0 saturated carbocycles. The molecule has 0 bridgehead atoms. The SMILES string of the molecule is CCCn1c(C2NCCCC2(C)C)nc2cnccc21. The summed E-state index contributed by atoms with van der Waals surface area (Å²) < 4.78 is 2.38. The first-order chi connectivity index (χ1) is 9.63. The molecule has 1 N–H and O–H groups in total. The Balaban J connectivity index is 2.12. The normalized spacial score (nSPS) is 22.2. The Morgan fingerprint density at radius 2 is 2.30 bits per heavy atom. The zero-order valence-electron chi connectivity index (χ0n) is 12.7. The van der Waals surface area contributed by atoms with Crippen LogP contribution >= 0.6 is 0 Å². The van der Waals surface area contributed by atoms with E-state index < -0.39 is 0 Å². The Morgan fingerprint density at radius 3 is 3.05 bits per heavy atom. The largest absolute Gasteiger partial charge is 0.327 e. The molecular weight excluding hydrogens is 248 g/mol. The lowest BCUT2D eigenvalue weighted by Crippen LogP contribution is -2.41. The van der Waals surface area contributed by atoms with Crippen LogP contribution in [0.5, 0.6) is 0 Å². The van der Waals surface area contributed by atoms with Gasteiger partial charge in [-0.3, -0.25) is 4.98 Å². The van der Waals surface area contributed by atoms with Gasteiger partial charge in [-0.2, -0.15) is 0 Å². The van der Waals surface area contributed by atoms with Gasteiger partial charge in [-0.05, 0) is 37.3 Å². The Morgan fingerprint density at radius 1 is 1.45 bits per heavy atom. The third-order valence-corrected chi connectivity index (χ3v) is 4.41. The maximum atomic E-state index is 4.89. The lowest BCUT2D eigenvalue weighted by atomic mass is 9.77. The lowest BCUT2D eigenvalue weighted by Gasteiger charge is -2.39. The molecule has 1 unspecified atom stereocenters. The zero-order valence-corrected chi connectivity index (χ0v) is 12.7. The van der Waals surface area contributed by atoms with Crippen LogP contribution in [0.3, 0.4) is 0 Å². The van der Waals surface area contributed by atoms with Crippen LogP contribution in [0.2, 0.25) is 0 Å². The molecule has 1 saturated heterocycles. The molecule has 3 heterocycles. The molecule has 3 rings (SSSR count). The fraction of sp³-hybridized carbons (Fsp3) is 0.625. The predicted octanol–water partition coefficient (Wildman–Crippen LogP) is 3.29. The van der Waals surface area contributed by atoms with Gasteiger partial charge in [0.05, 0.1) is 17.8 Å². The topological polar surface area (TPSA) is 42.7 Å². The Labute approximate surface area is 120 Å². The summed E-state index contributed by atoms with van der Waals surface area (Å²) in [5.74, 6) is 1.18. The number of hydrogen-bond donors (Lipinski definition) is 1. The summed E-state index contributed by atoms with van der Waals surface area (Å²) in [5, 5.41) is 3.68. The molecule has 1 aliphatic heterocycles. The minimum Gasteiger partial charge on any atom is -0.327 e. The highest BCUT2D eigenvalue weighted by Gasteiger charge is 2.36. The second-order valence-corrected chi connectivity index (χ2v) is 6.47. The average molecular weight is 272 g/mol. The van der Waals surface area contributed by atoms with Crippen molar-refractivity contribution in [1.82, 2.24) is 19.9 Å². The van der Waals surface area contributed by atoms with Gasteiger partial charge >= 0.3 is 0 Å². The van der Waals surface area contributed by atoms with Gasteiger partial charge in [-0.1, -0.05) is 20.8 Å². The van der Waals surface area contributed by atoms with Crippen molar-refractivity contribution in [2.24, 2.45) is 5.41 Å². The van der Waals surface area contributed by atoms with Gasteiger partial charge in [-0.15, -0.1) is 0 Å². The number of aromatic nitrogens is 3. The number of imidazole rings is 1. The van der Waals surface area contributed by atoms with Crippen molar-refractivity contribution in [3.05, 3.63) is 24.3 Å². The lowest BCUT2D eigenvalue weighted by molar-refractivity contribution is 0.171. The van der Waals surface area contributed by atoms with E-state index in [1.165, 1.54) is 24.2 Å². The van der Waals surface area contributed by atoms with Crippen LogP contribution in [0.15, 0.2) is 18.5 Å². The highest BCUT2D eigenvalue weighted by atomic mass is 15.1. The summed E-state index contributed by atoms with van der Waals surface area (Å²) in [5.41, 5.74) is 2.47. The van der Waals surface area contributed by atoms with Crippen LogP contribution < -0.4 is 5.32 Å². The molecule has 20 heavy (non-hydrogen) atoms. The molecule has 1 fully saturated rings. The van der Waals surface area contributed by atoms with Crippen molar-refractivity contribution < 1.29 is 0 Å². The van der Waals surface area contributed by atoms with Gasteiger partial charge in [-0.25, -0.2) is 4.98 Å². The molecule has 108 valence electrons.